The molecule has 0 saturated carbocycles. The summed E-state index contributed by atoms with van der Waals surface area (Å²) in [6.07, 6.45) is 1.18. The van der Waals surface area contributed by atoms with Gasteiger partial charge in [-0.2, -0.15) is 5.10 Å². The number of amides is 1. The molecule has 8 nitrogen and oxygen atoms in total. The number of aromatic nitrogens is 3. The van der Waals surface area contributed by atoms with Gasteiger partial charge in [-0.25, -0.2) is 9.48 Å². The van der Waals surface area contributed by atoms with Crippen molar-refractivity contribution in [2.45, 2.75) is 33.0 Å². The molecule has 1 aromatic heterocycles. The van der Waals surface area contributed by atoms with Crippen LogP contribution in [0.15, 0.2) is 4.79 Å². The molecule has 1 amide bonds. The molecule has 9 heteroatoms. The molecule has 0 radical (unpaired) electrons. The maximum atomic E-state index is 12.4. The highest BCUT2D eigenvalue weighted by Gasteiger charge is 2.32. The van der Waals surface area contributed by atoms with Crippen LogP contribution in [0.1, 0.15) is 19.2 Å². The fourth-order valence-corrected chi connectivity index (χ4v) is 3.40. The number of halogens is 1. The molecule has 24 heavy (non-hydrogen) atoms. The molecular weight excluding hydrogens is 332 g/mol. The fraction of sp³-hybridized carbons (Fsp3) is 0.800. The van der Waals surface area contributed by atoms with E-state index in [-0.39, 0.29) is 30.5 Å². The zero-order valence-corrected chi connectivity index (χ0v) is 15.4. The Bertz CT molecular complexity index is 647. The molecule has 1 N–H and O–H groups in total. The largest absolute Gasteiger partial charge is 0.347 e. The van der Waals surface area contributed by atoms with E-state index in [0.29, 0.717) is 18.5 Å². The van der Waals surface area contributed by atoms with Crippen molar-refractivity contribution in [3.63, 3.8) is 0 Å². The van der Waals surface area contributed by atoms with Gasteiger partial charge in [0.1, 0.15) is 12.4 Å². The van der Waals surface area contributed by atoms with Gasteiger partial charge in [-0.05, 0) is 18.4 Å². The van der Waals surface area contributed by atoms with Crippen molar-refractivity contribution in [2.24, 2.45) is 5.41 Å². The Morgan fingerprint density at radius 3 is 2.75 bits per heavy atom. The van der Waals surface area contributed by atoms with Crippen LogP contribution in [0.5, 0.6) is 0 Å². The molecule has 0 aromatic carbocycles. The summed E-state index contributed by atoms with van der Waals surface area (Å²) in [6.45, 7) is 7.63. The lowest BCUT2D eigenvalue weighted by molar-refractivity contribution is -0.129. The average molecular weight is 359 g/mol. The van der Waals surface area contributed by atoms with E-state index in [1.165, 1.54) is 16.0 Å². The Morgan fingerprint density at radius 2 is 2.12 bits per heavy atom. The van der Waals surface area contributed by atoms with Crippen LogP contribution in [0, 0.1) is 5.41 Å². The SMILES string of the molecule is CN(C)C(=O)Cn1nc2n(c1=O)CCN(CC1(C)CCNC1)C2.Cl. The first-order chi connectivity index (χ1) is 10.9. The van der Waals surface area contributed by atoms with E-state index in [0.717, 1.165) is 32.0 Å². The lowest BCUT2D eigenvalue weighted by Gasteiger charge is -2.33. The van der Waals surface area contributed by atoms with Gasteiger partial charge in [-0.1, -0.05) is 6.92 Å². The fourth-order valence-electron chi connectivity index (χ4n) is 3.40. The third-order valence-electron chi connectivity index (χ3n) is 4.85. The summed E-state index contributed by atoms with van der Waals surface area (Å²) in [6, 6.07) is 0. The second-order valence-corrected chi connectivity index (χ2v) is 7.24. The zero-order valence-electron chi connectivity index (χ0n) is 14.6. The van der Waals surface area contributed by atoms with Crippen LogP contribution in [0.2, 0.25) is 0 Å². The zero-order chi connectivity index (χ0) is 16.6. The number of carbonyl (C=O) groups excluding carboxylic acids is 1. The molecule has 1 atom stereocenters. The van der Waals surface area contributed by atoms with Gasteiger partial charge in [0.25, 0.3) is 0 Å². The van der Waals surface area contributed by atoms with Crippen molar-refractivity contribution in [1.82, 2.24) is 29.5 Å². The number of carbonyl (C=O) groups is 1. The Hall–Kier alpha value is -1.38. The molecule has 1 fully saturated rings. The van der Waals surface area contributed by atoms with Crippen LogP contribution in [-0.2, 0) is 24.4 Å². The maximum absolute atomic E-state index is 12.4. The van der Waals surface area contributed by atoms with E-state index in [2.05, 4.69) is 22.2 Å². The maximum Gasteiger partial charge on any atom is 0.346 e. The third-order valence-corrected chi connectivity index (χ3v) is 4.85. The molecule has 1 aromatic rings. The molecule has 0 aliphatic carbocycles. The number of likely N-dealkylation sites (N-methyl/N-ethyl adjacent to an activating group) is 1. The topological polar surface area (TPSA) is 75.4 Å². The van der Waals surface area contributed by atoms with Crippen molar-refractivity contribution >= 4 is 18.3 Å². The van der Waals surface area contributed by atoms with Gasteiger partial charge in [0, 0.05) is 40.3 Å². The van der Waals surface area contributed by atoms with Crippen molar-refractivity contribution in [2.75, 3.05) is 40.3 Å². The van der Waals surface area contributed by atoms with Crippen LogP contribution < -0.4 is 11.0 Å². The number of rotatable bonds is 4. The van der Waals surface area contributed by atoms with E-state index in [1.54, 1.807) is 18.7 Å². The summed E-state index contributed by atoms with van der Waals surface area (Å²) < 4.78 is 2.99. The van der Waals surface area contributed by atoms with Crippen molar-refractivity contribution in [1.29, 1.82) is 0 Å². The average Bonchev–Trinajstić information content (AvgIpc) is 3.04. The first-order valence-electron chi connectivity index (χ1n) is 8.18. The van der Waals surface area contributed by atoms with Gasteiger partial charge >= 0.3 is 5.69 Å². The predicted molar refractivity (Wildman–Crippen MR) is 93.3 cm³/mol. The molecule has 1 unspecified atom stereocenters. The normalized spacial score (nSPS) is 23.6. The van der Waals surface area contributed by atoms with Gasteiger partial charge in [-0.15, -0.1) is 12.4 Å². The first-order valence-corrected chi connectivity index (χ1v) is 8.18. The Labute approximate surface area is 148 Å². The molecule has 0 bridgehead atoms. The Balaban J connectivity index is 0.00000208. The molecule has 0 spiro atoms. The van der Waals surface area contributed by atoms with E-state index in [1.807, 2.05) is 0 Å². The summed E-state index contributed by atoms with van der Waals surface area (Å²) in [7, 11) is 3.36. The van der Waals surface area contributed by atoms with Crippen LogP contribution >= 0.6 is 12.4 Å². The standard InChI is InChI=1S/C15H26N6O2.ClH/c1-15(4-5-16-10-15)11-19-6-7-20-12(8-19)17-21(14(20)23)9-13(22)18(2)3;/h16H,4-11H2,1-3H3;1H. The van der Waals surface area contributed by atoms with Gasteiger partial charge in [0.05, 0.1) is 6.54 Å². The third kappa shape index (κ3) is 3.81. The van der Waals surface area contributed by atoms with Gasteiger partial charge in [-0.3, -0.25) is 14.3 Å². The summed E-state index contributed by atoms with van der Waals surface area (Å²) >= 11 is 0. The quantitative estimate of drug-likeness (QED) is 0.775. The number of hydrogen-bond donors (Lipinski definition) is 1. The molecular formula is C15H27ClN6O2. The minimum Gasteiger partial charge on any atom is -0.347 e. The van der Waals surface area contributed by atoms with Crippen molar-refractivity contribution in [3.8, 4) is 0 Å². The molecule has 3 heterocycles. The van der Waals surface area contributed by atoms with Crippen LogP contribution in [-0.4, -0.2) is 70.3 Å². The molecule has 136 valence electrons. The molecule has 2 aliphatic heterocycles. The Kier molecular flexibility index (Phi) is 5.72. The van der Waals surface area contributed by atoms with Gasteiger partial charge < -0.3 is 10.2 Å². The lowest BCUT2D eigenvalue weighted by atomic mass is 9.89. The highest BCUT2D eigenvalue weighted by atomic mass is 35.5. The first kappa shape index (κ1) is 19.0. The van der Waals surface area contributed by atoms with E-state index < -0.39 is 0 Å². The van der Waals surface area contributed by atoms with Crippen LogP contribution in [0.4, 0.5) is 0 Å². The molecule has 3 rings (SSSR count). The Morgan fingerprint density at radius 1 is 1.38 bits per heavy atom. The van der Waals surface area contributed by atoms with E-state index >= 15 is 0 Å². The van der Waals surface area contributed by atoms with Crippen molar-refractivity contribution in [3.05, 3.63) is 16.3 Å². The number of hydrogen-bond acceptors (Lipinski definition) is 5. The number of nitrogens with zero attached hydrogens (tertiary/aromatic N) is 5. The summed E-state index contributed by atoms with van der Waals surface area (Å²) in [5.41, 5.74) is 0.120. The minimum atomic E-state index is -0.177. The van der Waals surface area contributed by atoms with Crippen LogP contribution in [0.3, 0.4) is 0 Å². The van der Waals surface area contributed by atoms with Crippen LogP contribution in [0.25, 0.3) is 0 Å². The number of nitrogens with one attached hydrogen (secondary N) is 1. The van der Waals surface area contributed by atoms with Gasteiger partial charge in [0.15, 0.2) is 0 Å². The molecule has 2 aliphatic rings. The summed E-state index contributed by atoms with van der Waals surface area (Å²) in [5.74, 6) is 0.645. The number of fused-ring (bicyclic) bond motifs is 1. The highest BCUT2D eigenvalue weighted by molar-refractivity contribution is 5.85. The minimum absolute atomic E-state index is 0. The monoisotopic (exact) mass is 358 g/mol. The summed E-state index contributed by atoms with van der Waals surface area (Å²) in [4.78, 5) is 28.0. The second kappa shape index (κ2) is 7.25. The lowest BCUT2D eigenvalue weighted by Crippen LogP contribution is -2.43. The highest BCUT2D eigenvalue weighted by Crippen LogP contribution is 2.26. The smallest absolute Gasteiger partial charge is 0.346 e. The second-order valence-electron chi connectivity index (χ2n) is 7.24. The van der Waals surface area contributed by atoms with Gasteiger partial charge in [0.2, 0.25) is 5.91 Å². The predicted octanol–water partition coefficient (Wildman–Crippen LogP) is -0.630. The van der Waals surface area contributed by atoms with Crippen molar-refractivity contribution < 1.29 is 4.79 Å². The van der Waals surface area contributed by atoms with E-state index in [9.17, 15) is 9.59 Å². The molecule has 1 saturated heterocycles. The van der Waals surface area contributed by atoms with E-state index in [4.69, 9.17) is 0 Å². The summed E-state index contributed by atoms with van der Waals surface area (Å²) in [5, 5.41) is 7.81.